The maximum Gasteiger partial charge on any atom is 0.261 e. The number of amides is 1. The normalized spacial score (nSPS) is 11.0. The monoisotopic (exact) mass is 424 g/mol. The van der Waals surface area contributed by atoms with Crippen LogP contribution in [0.2, 0.25) is 0 Å². The van der Waals surface area contributed by atoms with Crippen LogP contribution < -0.4 is 14.8 Å². The molecular formula is C23H24N2O4S. The SMILES string of the molecule is Cc1cccc(OCCNC(=O)c2ccc(S(=O)(=O)Nc3ccccc3C)cc2)c1. The average Bonchev–Trinajstić information content (AvgIpc) is 2.73. The van der Waals surface area contributed by atoms with Crippen molar-refractivity contribution in [2.75, 3.05) is 17.9 Å². The molecule has 3 aromatic rings. The van der Waals surface area contributed by atoms with E-state index in [2.05, 4.69) is 10.0 Å². The summed E-state index contributed by atoms with van der Waals surface area (Å²) in [6.07, 6.45) is 0. The van der Waals surface area contributed by atoms with Crippen LogP contribution in [0.4, 0.5) is 5.69 Å². The first-order chi connectivity index (χ1) is 14.3. The predicted molar refractivity (Wildman–Crippen MR) is 117 cm³/mol. The zero-order valence-corrected chi connectivity index (χ0v) is 17.7. The van der Waals surface area contributed by atoms with Gasteiger partial charge in [0.15, 0.2) is 0 Å². The molecule has 3 aromatic carbocycles. The number of benzene rings is 3. The topological polar surface area (TPSA) is 84.5 Å². The summed E-state index contributed by atoms with van der Waals surface area (Å²) in [7, 11) is -3.74. The van der Waals surface area contributed by atoms with Gasteiger partial charge in [0.25, 0.3) is 15.9 Å². The first kappa shape index (κ1) is 21.4. The Hall–Kier alpha value is -3.32. The number of anilines is 1. The third-order valence-corrected chi connectivity index (χ3v) is 5.84. The molecule has 0 bridgehead atoms. The Morgan fingerprint density at radius 3 is 2.37 bits per heavy atom. The Morgan fingerprint density at radius 2 is 1.67 bits per heavy atom. The lowest BCUT2D eigenvalue weighted by Gasteiger charge is -2.11. The van der Waals surface area contributed by atoms with Gasteiger partial charge < -0.3 is 10.1 Å². The molecule has 0 saturated carbocycles. The van der Waals surface area contributed by atoms with E-state index in [1.54, 1.807) is 12.1 Å². The number of hydrogen-bond acceptors (Lipinski definition) is 4. The lowest BCUT2D eigenvalue weighted by atomic mass is 10.2. The van der Waals surface area contributed by atoms with E-state index in [0.717, 1.165) is 16.9 Å². The molecule has 6 nitrogen and oxygen atoms in total. The van der Waals surface area contributed by atoms with Crippen LogP contribution in [0, 0.1) is 13.8 Å². The number of aryl methyl sites for hydroxylation is 2. The summed E-state index contributed by atoms with van der Waals surface area (Å²) in [6.45, 7) is 4.48. The number of carbonyl (C=O) groups excluding carboxylic acids is 1. The first-order valence-corrected chi connectivity index (χ1v) is 11.0. The zero-order valence-electron chi connectivity index (χ0n) is 16.9. The lowest BCUT2D eigenvalue weighted by molar-refractivity contribution is 0.0947. The molecule has 0 spiro atoms. The summed E-state index contributed by atoms with van der Waals surface area (Å²) in [5, 5.41) is 2.76. The summed E-state index contributed by atoms with van der Waals surface area (Å²) in [4.78, 5) is 12.4. The van der Waals surface area contributed by atoms with Gasteiger partial charge in [-0.05, 0) is 67.4 Å². The Bertz CT molecular complexity index is 1130. The molecule has 0 unspecified atom stereocenters. The van der Waals surface area contributed by atoms with E-state index >= 15 is 0 Å². The molecule has 1 amide bonds. The van der Waals surface area contributed by atoms with Gasteiger partial charge in [0, 0.05) is 5.56 Å². The number of para-hydroxylation sites is 1. The molecule has 7 heteroatoms. The van der Waals surface area contributed by atoms with E-state index < -0.39 is 10.0 Å². The van der Waals surface area contributed by atoms with Gasteiger partial charge in [0.1, 0.15) is 12.4 Å². The standard InChI is InChI=1S/C23H24N2O4S/c1-17-6-5-8-20(16-17)29-15-14-24-23(26)19-10-12-21(13-11-19)30(27,28)25-22-9-4-3-7-18(22)2/h3-13,16,25H,14-15H2,1-2H3,(H,24,26). The van der Waals surface area contributed by atoms with E-state index in [1.807, 2.05) is 50.2 Å². The van der Waals surface area contributed by atoms with Crippen molar-refractivity contribution < 1.29 is 17.9 Å². The minimum Gasteiger partial charge on any atom is -0.492 e. The average molecular weight is 425 g/mol. The number of carbonyl (C=O) groups is 1. The van der Waals surface area contributed by atoms with Crippen molar-refractivity contribution in [1.29, 1.82) is 0 Å². The zero-order chi connectivity index (χ0) is 21.6. The Labute approximate surface area is 177 Å². The van der Waals surface area contributed by atoms with Crippen molar-refractivity contribution in [3.8, 4) is 5.75 Å². The Balaban J connectivity index is 1.55. The van der Waals surface area contributed by atoms with Crippen molar-refractivity contribution in [1.82, 2.24) is 5.32 Å². The minimum absolute atomic E-state index is 0.0880. The molecule has 0 heterocycles. The van der Waals surface area contributed by atoms with E-state index in [4.69, 9.17) is 4.74 Å². The van der Waals surface area contributed by atoms with Crippen molar-refractivity contribution in [3.63, 3.8) is 0 Å². The summed E-state index contributed by atoms with van der Waals surface area (Å²) in [6, 6.07) is 20.6. The maximum absolute atomic E-state index is 12.6. The summed E-state index contributed by atoms with van der Waals surface area (Å²) in [5.74, 6) is 0.457. The van der Waals surface area contributed by atoms with Gasteiger partial charge in [-0.15, -0.1) is 0 Å². The Morgan fingerprint density at radius 1 is 0.933 bits per heavy atom. The van der Waals surface area contributed by atoms with Crippen LogP contribution >= 0.6 is 0 Å². The molecule has 0 aliphatic heterocycles. The van der Waals surface area contributed by atoms with Gasteiger partial charge in [-0.1, -0.05) is 30.3 Å². The van der Waals surface area contributed by atoms with Gasteiger partial charge in [0.2, 0.25) is 0 Å². The van der Waals surface area contributed by atoms with Crippen LogP contribution in [0.3, 0.4) is 0 Å². The smallest absolute Gasteiger partial charge is 0.261 e. The van der Waals surface area contributed by atoms with Crippen LogP contribution in [-0.2, 0) is 10.0 Å². The molecule has 30 heavy (non-hydrogen) atoms. The molecule has 0 radical (unpaired) electrons. The lowest BCUT2D eigenvalue weighted by Crippen LogP contribution is -2.28. The van der Waals surface area contributed by atoms with Crippen LogP contribution in [-0.4, -0.2) is 27.5 Å². The van der Waals surface area contributed by atoms with Crippen LogP contribution in [0.5, 0.6) is 5.75 Å². The summed E-state index contributed by atoms with van der Waals surface area (Å²) >= 11 is 0. The highest BCUT2D eigenvalue weighted by molar-refractivity contribution is 7.92. The van der Waals surface area contributed by atoms with Crippen molar-refractivity contribution in [2.45, 2.75) is 18.7 Å². The van der Waals surface area contributed by atoms with Gasteiger partial charge in [-0.2, -0.15) is 0 Å². The van der Waals surface area contributed by atoms with Crippen molar-refractivity contribution in [3.05, 3.63) is 89.5 Å². The van der Waals surface area contributed by atoms with Crippen molar-refractivity contribution in [2.24, 2.45) is 0 Å². The first-order valence-electron chi connectivity index (χ1n) is 9.51. The fraction of sp³-hybridized carbons (Fsp3) is 0.174. The molecule has 0 aliphatic rings. The third-order valence-electron chi connectivity index (χ3n) is 4.46. The highest BCUT2D eigenvalue weighted by atomic mass is 32.2. The van der Waals surface area contributed by atoms with E-state index in [0.29, 0.717) is 24.4 Å². The van der Waals surface area contributed by atoms with Gasteiger partial charge in [-0.25, -0.2) is 8.42 Å². The van der Waals surface area contributed by atoms with Crippen molar-refractivity contribution >= 4 is 21.6 Å². The molecule has 3 rings (SSSR count). The second-order valence-electron chi connectivity index (χ2n) is 6.87. The maximum atomic E-state index is 12.6. The molecule has 2 N–H and O–H groups in total. The molecule has 0 saturated heterocycles. The fourth-order valence-corrected chi connectivity index (χ4v) is 3.95. The van der Waals surface area contributed by atoms with E-state index in [9.17, 15) is 13.2 Å². The van der Waals surface area contributed by atoms with Crippen LogP contribution in [0.15, 0.2) is 77.7 Å². The van der Waals surface area contributed by atoms with Crippen LogP contribution in [0.25, 0.3) is 0 Å². The molecule has 0 aliphatic carbocycles. The summed E-state index contributed by atoms with van der Waals surface area (Å²) < 4.78 is 33.3. The van der Waals surface area contributed by atoms with Crippen LogP contribution in [0.1, 0.15) is 21.5 Å². The molecule has 0 aromatic heterocycles. The second-order valence-corrected chi connectivity index (χ2v) is 8.55. The molecule has 156 valence electrons. The van der Waals surface area contributed by atoms with Gasteiger partial charge >= 0.3 is 0 Å². The third kappa shape index (κ3) is 5.61. The number of hydrogen-bond donors (Lipinski definition) is 2. The highest BCUT2D eigenvalue weighted by Gasteiger charge is 2.16. The fourth-order valence-electron chi connectivity index (χ4n) is 2.82. The number of nitrogens with one attached hydrogen (secondary N) is 2. The second kappa shape index (κ2) is 9.45. The van der Waals surface area contributed by atoms with E-state index in [1.165, 1.54) is 24.3 Å². The largest absolute Gasteiger partial charge is 0.492 e. The molecule has 0 atom stereocenters. The highest BCUT2D eigenvalue weighted by Crippen LogP contribution is 2.19. The number of rotatable bonds is 8. The molecule has 0 fully saturated rings. The predicted octanol–water partition coefficient (Wildman–Crippen LogP) is 3.91. The van der Waals surface area contributed by atoms with E-state index in [-0.39, 0.29) is 10.8 Å². The number of ether oxygens (including phenoxy) is 1. The number of sulfonamides is 1. The summed E-state index contributed by atoms with van der Waals surface area (Å²) in [5.41, 5.74) is 2.82. The Kier molecular flexibility index (Phi) is 6.74. The quantitative estimate of drug-likeness (QED) is 0.537. The minimum atomic E-state index is -3.74. The van der Waals surface area contributed by atoms with Gasteiger partial charge in [0.05, 0.1) is 17.1 Å². The molecular weight excluding hydrogens is 400 g/mol. The van der Waals surface area contributed by atoms with Gasteiger partial charge in [-0.3, -0.25) is 9.52 Å².